The van der Waals surface area contributed by atoms with Crippen LogP contribution in [-0.2, 0) is 11.3 Å². The van der Waals surface area contributed by atoms with Crippen molar-refractivity contribution in [3.8, 4) is 0 Å². The molecule has 0 aromatic heterocycles. The Kier molecular flexibility index (Phi) is 4.83. The Morgan fingerprint density at radius 2 is 1.83 bits per heavy atom. The third kappa shape index (κ3) is 2.98. The maximum Gasteiger partial charge on any atom is 0.223 e. The topological polar surface area (TPSA) is 29.1 Å². The van der Waals surface area contributed by atoms with Crippen LogP contribution in [0, 0.1) is 23.6 Å². The number of thioether (sulfide) groups is 2. The molecule has 1 aromatic carbocycles. The summed E-state index contributed by atoms with van der Waals surface area (Å²) in [7, 11) is 0. The SMILES string of the molecule is O=C(NCc1ccccc1F)C1C[C@H]2CCC[C@@H](C1)C21SCCS1. The largest absolute Gasteiger partial charge is 0.352 e. The van der Waals surface area contributed by atoms with Crippen LogP contribution in [0.3, 0.4) is 0 Å². The Labute approximate surface area is 151 Å². The first kappa shape index (κ1) is 16.8. The highest BCUT2D eigenvalue weighted by molar-refractivity contribution is 8.21. The van der Waals surface area contributed by atoms with E-state index in [4.69, 9.17) is 0 Å². The number of hydrogen-bond acceptors (Lipinski definition) is 3. The average Bonchev–Trinajstić information content (AvgIpc) is 3.03. The van der Waals surface area contributed by atoms with Crippen molar-refractivity contribution in [3.05, 3.63) is 35.6 Å². The van der Waals surface area contributed by atoms with E-state index in [0.717, 1.165) is 12.8 Å². The predicted molar refractivity (Wildman–Crippen MR) is 99.4 cm³/mol. The minimum Gasteiger partial charge on any atom is -0.352 e. The van der Waals surface area contributed by atoms with E-state index < -0.39 is 0 Å². The molecule has 1 aromatic rings. The molecule has 1 spiro atoms. The van der Waals surface area contributed by atoms with Gasteiger partial charge in [-0.2, -0.15) is 0 Å². The standard InChI is InChI=1S/C19H24FNOS2/c20-17-7-2-1-4-13(17)12-21-18(22)14-10-15-5-3-6-16(11-14)19(15)23-8-9-24-19/h1-2,4,7,14-16H,3,5-6,8-12H2,(H,21,22)/t14?,15-,16+. The van der Waals surface area contributed by atoms with Crippen LogP contribution in [0.4, 0.5) is 4.39 Å². The Morgan fingerprint density at radius 3 is 2.50 bits per heavy atom. The lowest BCUT2D eigenvalue weighted by Crippen LogP contribution is -2.49. The minimum atomic E-state index is -0.240. The molecule has 24 heavy (non-hydrogen) atoms. The Morgan fingerprint density at radius 1 is 1.17 bits per heavy atom. The van der Waals surface area contributed by atoms with Gasteiger partial charge in [0.15, 0.2) is 0 Å². The Hall–Kier alpha value is -0.680. The van der Waals surface area contributed by atoms with Crippen LogP contribution in [-0.4, -0.2) is 21.5 Å². The number of amides is 1. The van der Waals surface area contributed by atoms with E-state index >= 15 is 0 Å². The third-order valence-electron chi connectivity index (χ3n) is 5.90. The van der Waals surface area contributed by atoms with Gasteiger partial charge in [0, 0.05) is 29.5 Å². The fourth-order valence-corrected chi connectivity index (χ4v) is 8.73. The lowest BCUT2D eigenvalue weighted by molar-refractivity contribution is -0.127. The molecule has 3 aliphatic rings. The first-order chi connectivity index (χ1) is 11.7. The second-order valence-corrected chi connectivity index (χ2v) is 10.2. The van der Waals surface area contributed by atoms with Crippen molar-refractivity contribution in [2.45, 2.75) is 42.7 Å². The molecule has 2 saturated carbocycles. The molecule has 3 fully saturated rings. The van der Waals surface area contributed by atoms with Gasteiger partial charge in [0.25, 0.3) is 0 Å². The Balaban J connectivity index is 1.41. The highest BCUT2D eigenvalue weighted by atomic mass is 32.2. The van der Waals surface area contributed by atoms with E-state index in [1.54, 1.807) is 12.1 Å². The molecule has 5 heteroatoms. The van der Waals surface area contributed by atoms with Crippen LogP contribution in [0.2, 0.25) is 0 Å². The van der Waals surface area contributed by atoms with E-state index in [0.29, 0.717) is 28.0 Å². The first-order valence-electron chi connectivity index (χ1n) is 8.98. The molecule has 1 aliphatic heterocycles. The summed E-state index contributed by atoms with van der Waals surface area (Å²) in [6.45, 7) is 0.298. The summed E-state index contributed by atoms with van der Waals surface area (Å²) in [6, 6.07) is 6.68. The van der Waals surface area contributed by atoms with Gasteiger partial charge >= 0.3 is 0 Å². The highest BCUT2D eigenvalue weighted by Gasteiger charge is 2.55. The lowest BCUT2D eigenvalue weighted by Gasteiger charge is -2.52. The lowest BCUT2D eigenvalue weighted by atomic mass is 9.67. The van der Waals surface area contributed by atoms with Gasteiger partial charge in [-0.1, -0.05) is 24.6 Å². The number of carbonyl (C=O) groups is 1. The molecule has 1 amide bonds. The summed E-state index contributed by atoms with van der Waals surface area (Å²) in [6.07, 6.45) is 5.89. The van der Waals surface area contributed by atoms with Crippen molar-refractivity contribution in [3.63, 3.8) is 0 Å². The van der Waals surface area contributed by atoms with Crippen molar-refractivity contribution in [1.82, 2.24) is 5.32 Å². The maximum absolute atomic E-state index is 13.7. The van der Waals surface area contributed by atoms with Gasteiger partial charge in [0.1, 0.15) is 5.82 Å². The monoisotopic (exact) mass is 365 g/mol. The van der Waals surface area contributed by atoms with Gasteiger partial charge in [0.05, 0.1) is 4.08 Å². The molecule has 1 heterocycles. The average molecular weight is 366 g/mol. The molecule has 0 radical (unpaired) electrons. The van der Waals surface area contributed by atoms with Crippen molar-refractivity contribution in [2.75, 3.05) is 11.5 Å². The predicted octanol–water partition coefficient (Wildman–Crippen LogP) is 4.44. The molecule has 4 rings (SSSR count). The quantitative estimate of drug-likeness (QED) is 0.858. The van der Waals surface area contributed by atoms with Gasteiger partial charge in [-0.3, -0.25) is 4.79 Å². The summed E-state index contributed by atoms with van der Waals surface area (Å²) in [5, 5.41) is 2.99. The molecule has 1 unspecified atom stereocenters. The normalized spacial score (nSPS) is 31.1. The van der Waals surface area contributed by atoms with Gasteiger partial charge < -0.3 is 5.32 Å². The van der Waals surface area contributed by atoms with E-state index in [2.05, 4.69) is 28.8 Å². The number of benzene rings is 1. The van der Waals surface area contributed by atoms with Gasteiger partial charge in [-0.25, -0.2) is 4.39 Å². The molecular formula is C19H24FNOS2. The van der Waals surface area contributed by atoms with Gasteiger partial charge in [-0.15, -0.1) is 23.5 Å². The fraction of sp³-hybridized carbons (Fsp3) is 0.632. The Bertz CT molecular complexity index is 601. The molecule has 1 N–H and O–H groups in total. The molecule has 2 aliphatic carbocycles. The highest BCUT2D eigenvalue weighted by Crippen LogP contribution is 2.64. The summed E-state index contributed by atoms with van der Waals surface area (Å²) in [5.41, 5.74) is 0.570. The van der Waals surface area contributed by atoms with Gasteiger partial charge in [-0.05, 0) is 43.6 Å². The van der Waals surface area contributed by atoms with Crippen LogP contribution in [0.15, 0.2) is 24.3 Å². The van der Waals surface area contributed by atoms with E-state index in [-0.39, 0.29) is 17.6 Å². The zero-order valence-electron chi connectivity index (χ0n) is 13.8. The fourth-order valence-electron chi connectivity index (χ4n) is 4.79. The maximum atomic E-state index is 13.7. The van der Waals surface area contributed by atoms with Crippen LogP contribution in [0.1, 0.15) is 37.7 Å². The summed E-state index contributed by atoms with van der Waals surface area (Å²) >= 11 is 4.33. The van der Waals surface area contributed by atoms with Gasteiger partial charge in [0.2, 0.25) is 5.91 Å². The van der Waals surface area contributed by atoms with Crippen LogP contribution >= 0.6 is 23.5 Å². The van der Waals surface area contributed by atoms with Crippen LogP contribution < -0.4 is 5.32 Å². The summed E-state index contributed by atoms with van der Waals surface area (Å²) in [4.78, 5) is 12.7. The molecule has 3 atom stereocenters. The van der Waals surface area contributed by atoms with Crippen LogP contribution in [0.25, 0.3) is 0 Å². The van der Waals surface area contributed by atoms with Crippen molar-refractivity contribution < 1.29 is 9.18 Å². The van der Waals surface area contributed by atoms with Crippen LogP contribution in [0.5, 0.6) is 0 Å². The molecule has 2 bridgehead atoms. The molecular weight excluding hydrogens is 341 g/mol. The van der Waals surface area contributed by atoms with Crippen molar-refractivity contribution in [2.24, 2.45) is 17.8 Å². The summed E-state index contributed by atoms with van der Waals surface area (Å²) < 4.78 is 14.1. The molecule has 130 valence electrons. The van der Waals surface area contributed by atoms with E-state index in [9.17, 15) is 9.18 Å². The zero-order chi connectivity index (χ0) is 16.6. The van der Waals surface area contributed by atoms with E-state index in [1.165, 1.54) is 36.8 Å². The number of halogens is 1. The minimum absolute atomic E-state index is 0.111. The van der Waals surface area contributed by atoms with Crippen molar-refractivity contribution >= 4 is 29.4 Å². The van der Waals surface area contributed by atoms with Crippen molar-refractivity contribution in [1.29, 1.82) is 0 Å². The number of carbonyl (C=O) groups excluding carboxylic acids is 1. The summed E-state index contributed by atoms with van der Waals surface area (Å²) in [5.74, 6) is 3.87. The second-order valence-electron chi connectivity index (χ2n) is 7.22. The molecule has 2 nitrogen and oxygen atoms in total. The number of rotatable bonds is 3. The first-order valence-corrected chi connectivity index (χ1v) is 10.9. The number of hydrogen-bond donors (Lipinski definition) is 1. The second kappa shape index (κ2) is 6.91. The zero-order valence-corrected chi connectivity index (χ0v) is 15.4. The smallest absolute Gasteiger partial charge is 0.223 e. The van der Waals surface area contributed by atoms with E-state index in [1.807, 2.05) is 6.07 Å². The third-order valence-corrected chi connectivity index (χ3v) is 9.92. The molecule has 1 saturated heterocycles. The number of nitrogens with one attached hydrogen (secondary N) is 1.